The van der Waals surface area contributed by atoms with E-state index in [1.165, 1.54) is 29.7 Å². The Hall–Kier alpha value is -0.950. The Morgan fingerprint density at radius 2 is 2.19 bits per heavy atom. The van der Waals surface area contributed by atoms with Gasteiger partial charge in [0.25, 0.3) is 0 Å². The number of aryl methyl sites for hydroxylation is 1. The molecule has 0 heterocycles. The summed E-state index contributed by atoms with van der Waals surface area (Å²) < 4.78 is 0. The molecule has 0 amide bonds. The van der Waals surface area contributed by atoms with E-state index in [0.29, 0.717) is 5.41 Å². The lowest BCUT2D eigenvalue weighted by molar-refractivity contribution is 0.788. The van der Waals surface area contributed by atoms with Crippen LogP contribution in [0.25, 0.3) is 0 Å². The largest absolute Gasteiger partial charge is 0.381 e. The van der Waals surface area contributed by atoms with Crippen LogP contribution >= 0.6 is 11.6 Å². The predicted molar refractivity (Wildman–Crippen MR) is 71.5 cm³/mol. The van der Waals surface area contributed by atoms with Crippen molar-refractivity contribution in [1.29, 1.82) is 0 Å². The van der Waals surface area contributed by atoms with Crippen LogP contribution in [0.3, 0.4) is 0 Å². The van der Waals surface area contributed by atoms with Crippen molar-refractivity contribution in [2.75, 3.05) is 11.9 Å². The highest BCUT2D eigenvalue weighted by Gasteiger charge is 2.40. The lowest BCUT2D eigenvalue weighted by atomic mass is 9.96. The first-order valence-corrected chi connectivity index (χ1v) is 6.10. The van der Waals surface area contributed by atoms with Gasteiger partial charge in [-0.3, -0.25) is 0 Å². The molecule has 1 fully saturated rings. The normalized spacial score (nSPS) is 16.9. The van der Waals surface area contributed by atoms with E-state index in [1.807, 2.05) is 6.08 Å². The summed E-state index contributed by atoms with van der Waals surface area (Å²) in [7, 11) is 0. The van der Waals surface area contributed by atoms with E-state index >= 15 is 0 Å². The van der Waals surface area contributed by atoms with E-state index < -0.39 is 0 Å². The average Bonchev–Trinajstić information content (AvgIpc) is 2.96. The number of halogens is 1. The van der Waals surface area contributed by atoms with E-state index in [9.17, 15) is 0 Å². The van der Waals surface area contributed by atoms with Crippen LogP contribution in [0.1, 0.15) is 30.9 Å². The highest BCUT2D eigenvalue weighted by Crippen LogP contribution is 2.50. The summed E-state index contributed by atoms with van der Waals surface area (Å²) >= 11 is 6.31. The molecule has 1 N–H and O–H groups in total. The van der Waals surface area contributed by atoms with Gasteiger partial charge in [0.2, 0.25) is 0 Å². The van der Waals surface area contributed by atoms with Crippen molar-refractivity contribution in [1.82, 2.24) is 0 Å². The SMILES string of the molecule is C=CCNc1cc(C2(C)CC2)c(Cl)cc1C. The van der Waals surface area contributed by atoms with E-state index in [-0.39, 0.29) is 0 Å². The Morgan fingerprint density at radius 3 is 2.75 bits per heavy atom. The fourth-order valence-electron chi connectivity index (χ4n) is 1.96. The molecule has 1 saturated carbocycles. The quantitative estimate of drug-likeness (QED) is 0.768. The van der Waals surface area contributed by atoms with Crippen LogP contribution in [-0.2, 0) is 5.41 Å². The molecule has 1 nitrogen and oxygen atoms in total. The molecular formula is C14H18ClN. The van der Waals surface area contributed by atoms with Crippen LogP contribution in [-0.4, -0.2) is 6.54 Å². The van der Waals surface area contributed by atoms with Crippen molar-refractivity contribution < 1.29 is 0 Å². The molecule has 1 aromatic rings. The van der Waals surface area contributed by atoms with Crippen molar-refractivity contribution in [2.24, 2.45) is 0 Å². The number of hydrogen-bond donors (Lipinski definition) is 1. The van der Waals surface area contributed by atoms with E-state index in [2.05, 4.69) is 37.9 Å². The van der Waals surface area contributed by atoms with Gasteiger partial charge in [-0.1, -0.05) is 24.6 Å². The lowest BCUT2D eigenvalue weighted by Gasteiger charge is -2.16. The number of rotatable bonds is 4. The average molecular weight is 236 g/mol. The van der Waals surface area contributed by atoms with Gasteiger partial charge in [-0.2, -0.15) is 0 Å². The third kappa shape index (κ3) is 2.10. The van der Waals surface area contributed by atoms with Gasteiger partial charge in [-0.15, -0.1) is 6.58 Å². The summed E-state index contributed by atoms with van der Waals surface area (Å²) in [6, 6.07) is 4.26. The lowest BCUT2D eigenvalue weighted by Crippen LogP contribution is -2.05. The van der Waals surface area contributed by atoms with Gasteiger partial charge in [0.15, 0.2) is 0 Å². The van der Waals surface area contributed by atoms with Gasteiger partial charge in [0.05, 0.1) is 0 Å². The smallest absolute Gasteiger partial charge is 0.0447 e. The van der Waals surface area contributed by atoms with Gasteiger partial charge in [0, 0.05) is 17.3 Å². The highest BCUT2D eigenvalue weighted by molar-refractivity contribution is 6.31. The van der Waals surface area contributed by atoms with E-state index in [0.717, 1.165) is 11.6 Å². The topological polar surface area (TPSA) is 12.0 Å². The second kappa shape index (κ2) is 4.14. The van der Waals surface area contributed by atoms with Crippen LogP contribution in [0.5, 0.6) is 0 Å². The summed E-state index contributed by atoms with van der Waals surface area (Å²) in [5.41, 5.74) is 3.97. The van der Waals surface area contributed by atoms with Crippen molar-refractivity contribution in [3.8, 4) is 0 Å². The second-order valence-electron chi connectivity index (χ2n) is 4.88. The first-order valence-electron chi connectivity index (χ1n) is 5.72. The number of hydrogen-bond acceptors (Lipinski definition) is 1. The maximum absolute atomic E-state index is 6.31. The summed E-state index contributed by atoms with van der Waals surface area (Å²) in [4.78, 5) is 0. The molecule has 2 heteroatoms. The monoisotopic (exact) mass is 235 g/mol. The number of nitrogens with one attached hydrogen (secondary N) is 1. The maximum Gasteiger partial charge on any atom is 0.0447 e. The van der Waals surface area contributed by atoms with Gasteiger partial charge < -0.3 is 5.32 Å². The van der Waals surface area contributed by atoms with Crippen LogP contribution in [0.2, 0.25) is 5.02 Å². The molecule has 0 unspecified atom stereocenters. The summed E-state index contributed by atoms with van der Waals surface area (Å²) in [5.74, 6) is 0. The Bertz CT molecular complexity index is 419. The first-order chi connectivity index (χ1) is 7.57. The van der Waals surface area contributed by atoms with Crippen molar-refractivity contribution in [2.45, 2.75) is 32.1 Å². The van der Waals surface area contributed by atoms with Crippen LogP contribution in [0.4, 0.5) is 5.69 Å². The Labute approximate surface area is 103 Å². The van der Waals surface area contributed by atoms with Crippen LogP contribution in [0.15, 0.2) is 24.8 Å². The third-order valence-electron chi connectivity index (χ3n) is 3.40. The molecule has 16 heavy (non-hydrogen) atoms. The second-order valence-corrected chi connectivity index (χ2v) is 5.28. The summed E-state index contributed by atoms with van der Waals surface area (Å²) in [6.07, 6.45) is 4.36. The minimum absolute atomic E-state index is 0.315. The molecule has 0 saturated heterocycles. The zero-order chi connectivity index (χ0) is 11.8. The molecule has 86 valence electrons. The third-order valence-corrected chi connectivity index (χ3v) is 3.71. The van der Waals surface area contributed by atoms with Gasteiger partial charge >= 0.3 is 0 Å². The van der Waals surface area contributed by atoms with E-state index in [4.69, 9.17) is 11.6 Å². The highest BCUT2D eigenvalue weighted by atomic mass is 35.5. The first kappa shape index (κ1) is 11.5. The molecular weight excluding hydrogens is 218 g/mol. The predicted octanol–water partition coefficient (Wildman–Crippen LogP) is 4.30. The molecule has 0 aromatic heterocycles. The zero-order valence-corrected chi connectivity index (χ0v) is 10.7. The molecule has 0 radical (unpaired) electrons. The number of benzene rings is 1. The fourth-order valence-corrected chi connectivity index (χ4v) is 2.41. The van der Waals surface area contributed by atoms with Gasteiger partial charge in [-0.05, 0) is 48.4 Å². The van der Waals surface area contributed by atoms with Crippen LogP contribution in [0, 0.1) is 6.92 Å². The molecule has 1 aliphatic rings. The Kier molecular flexibility index (Phi) is 2.98. The molecule has 1 aliphatic carbocycles. The minimum Gasteiger partial charge on any atom is -0.381 e. The molecule has 1 aromatic carbocycles. The fraction of sp³-hybridized carbons (Fsp3) is 0.429. The minimum atomic E-state index is 0.315. The maximum atomic E-state index is 6.31. The van der Waals surface area contributed by atoms with Crippen molar-refractivity contribution in [3.63, 3.8) is 0 Å². The Balaban J connectivity index is 2.35. The molecule has 2 rings (SSSR count). The summed E-state index contributed by atoms with van der Waals surface area (Å²) in [5, 5.41) is 4.26. The number of anilines is 1. The van der Waals surface area contributed by atoms with E-state index in [1.54, 1.807) is 0 Å². The molecule has 0 spiro atoms. The zero-order valence-electron chi connectivity index (χ0n) is 9.94. The van der Waals surface area contributed by atoms with Gasteiger partial charge in [0.1, 0.15) is 0 Å². The molecule has 0 atom stereocenters. The standard InChI is InChI=1S/C14H18ClN/c1-4-7-16-13-9-11(14(3)5-6-14)12(15)8-10(13)2/h4,8-9,16H,1,5-7H2,2-3H3. The molecule has 0 bridgehead atoms. The van der Waals surface area contributed by atoms with Crippen LogP contribution < -0.4 is 5.32 Å². The molecule has 0 aliphatic heterocycles. The summed E-state index contributed by atoms with van der Waals surface area (Å²) in [6.45, 7) is 8.87. The van der Waals surface area contributed by atoms with Crippen molar-refractivity contribution >= 4 is 17.3 Å². The Morgan fingerprint density at radius 1 is 1.50 bits per heavy atom. The van der Waals surface area contributed by atoms with Crippen molar-refractivity contribution in [3.05, 3.63) is 40.9 Å². The van der Waals surface area contributed by atoms with Gasteiger partial charge in [-0.25, -0.2) is 0 Å².